The average Bonchev–Trinajstić information content (AvgIpc) is 1.91. The van der Waals surface area contributed by atoms with E-state index in [4.69, 9.17) is 9.47 Å². The van der Waals surface area contributed by atoms with Gasteiger partial charge in [0.25, 0.3) is 0 Å². The van der Waals surface area contributed by atoms with E-state index < -0.39 is 0 Å². The fourth-order valence-corrected chi connectivity index (χ4v) is 0.536. The van der Waals surface area contributed by atoms with E-state index in [1.54, 1.807) is 14.2 Å². The second-order valence-corrected chi connectivity index (χ2v) is 1.71. The molecule has 0 bridgehead atoms. The summed E-state index contributed by atoms with van der Waals surface area (Å²) in [6, 6.07) is 0. The van der Waals surface area contributed by atoms with Crippen molar-refractivity contribution in [2.75, 3.05) is 14.2 Å². The molecule has 0 aliphatic heterocycles. The van der Waals surface area contributed by atoms with Gasteiger partial charge >= 0.3 is 0 Å². The number of methoxy groups -OCH3 is 2. The van der Waals surface area contributed by atoms with Crippen LogP contribution >= 0.6 is 0 Å². The summed E-state index contributed by atoms with van der Waals surface area (Å²) in [5.41, 5.74) is 0. The van der Waals surface area contributed by atoms with Crippen molar-refractivity contribution in [3.8, 4) is 0 Å². The number of allylic oxidation sites excluding steroid dienone is 1. The Hall–Kier alpha value is -0.340. The van der Waals surface area contributed by atoms with Gasteiger partial charge in [0.05, 0.1) is 0 Å². The van der Waals surface area contributed by atoms with Gasteiger partial charge in [-0.3, -0.25) is 0 Å². The van der Waals surface area contributed by atoms with Crippen molar-refractivity contribution in [2.24, 2.45) is 0 Å². The Morgan fingerprint density at radius 3 is 2.22 bits per heavy atom. The lowest BCUT2D eigenvalue weighted by atomic mass is 10.4. The van der Waals surface area contributed by atoms with Gasteiger partial charge in [0, 0.05) is 20.6 Å². The van der Waals surface area contributed by atoms with E-state index in [1.807, 2.05) is 19.1 Å². The Morgan fingerprint density at radius 2 is 1.89 bits per heavy atom. The van der Waals surface area contributed by atoms with Crippen LogP contribution in [0.15, 0.2) is 12.2 Å². The van der Waals surface area contributed by atoms with E-state index in [9.17, 15) is 0 Å². The lowest BCUT2D eigenvalue weighted by molar-refractivity contribution is -0.0986. The second kappa shape index (κ2) is 5.79. The molecule has 0 spiro atoms. The van der Waals surface area contributed by atoms with Crippen molar-refractivity contribution in [1.29, 1.82) is 0 Å². The van der Waals surface area contributed by atoms with Crippen LogP contribution < -0.4 is 0 Å². The van der Waals surface area contributed by atoms with Crippen LogP contribution in [-0.4, -0.2) is 20.5 Å². The predicted octanol–water partition coefficient (Wildman–Crippen LogP) is 1.57. The van der Waals surface area contributed by atoms with Crippen molar-refractivity contribution in [1.82, 2.24) is 0 Å². The van der Waals surface area contributed by atoms with E-state index >= 15 is 0 Å². The van der Waals surface area contributed by atoms with Gasteiger partial charge in [-0.25, -0.2) is 0 Å². The zero-order chi connectivity index (χ0) is 7.11. The molecule has 0 fully saturated rings. The fourth-order valence-electron chi connectivity index (χ4n) is 0.536. The smallest absolute Gasteiger partial charge is 0.160 e. The maximum absolute atomic E-state index is 4.93. The molecular weight excluding hydrogens is 116 g/mol. The Labute approximate surface area is 56.5 Å². The second-order valence-electron chi connectivity index (χ2n) is 1.71. The molecule has 0 amide bonds. The Balaban J connectivity index is 3.31. The Kier molecular flexibility index (Phi) is 5.57. The number of hydrogen-bond donors (Lipinski definition) is 0. The number of hydrogen-bond acceptors (Lipinski definition) is 2. The zero-order valence-electron chi connectivity index (χ0n) is 6.26. The van der Waals surface area contributed by atoms with Crippen LogP contribution in [-0.2, 0) is 9.47 Å². The van der Waals surface area contributed by atoms with Crippen LogP contribution in [0.4, 0.5) is 0 Å². The molecule has 0 N–H and O–H groups in total. The number of ether oxygens (including phenoxy) is 2. The molecule has 9 heavy (non-hydrogen) atoms. The third kappa shape index (κ3) is 4.18. The largest absolute Gasteiger partial charge is 0.356 e. The maximum atomic E-state index is 4.93. The molecule has 0 saturated heterocycles. The molecule has 2 nitrogen and oxygen atoms in total. The van der Waals surface area contributed by atoms with Gasteiger partial charge in [0.15, 0.2) is 6.29 Å². The topological polar surface area (TPSA) is 18.5 Å². The van der Waals surface area contributed by atoms with E-state index in [0.717, 1.165) is 6.42 Å². The fraction of sp³-hybridized carbons (Fsp3) is 0.714. The minimum atomic E-state index is -0.0822. The highest BCUT2D eigenvalue weighted by Crippen LogP contribution is 1.97. The number of rotatable bonds is 4. The van der Waals surface area contributed by atoms with E-state index in [1.165, 1.54) is 0 Å². The third-order valence-corrected chi connectivity index (χ3v) is 1.09. The first-order chi connectivity index (χ1) is 4.35. The zero-order valence-corrected chi connectivity index (χ0v) is 6.26. The van der Waals surface area contributed by atoms with Crippen molar-refractivity contribution in [3.63, 3.8) is 0 Å². The van der Waals surface area contributed by atoms with Crippen LogP contribution in [0, 0.1) is 0 Å². The van der Waals surface area contributed by atoms with Crippen molar-refractivity contribution < 1.29 is 9.47 Å². The van der Waals surface area contributed by atoms with Crippen molar-refractivity contribution in [3.05, 3.63) is 12.2 Å². The molecule has 0 aliphatic carbocycles. The van der Waals surface area contributed by atoms with Gasteiger partial charge in [0.2, 0.25) is 0 Å². The minimum absolute atomic E-state index is 0.0822. The molecule has 0 heterocycles. The molecule has 0 unspecified atom stereocenters. The lowest BCUT2D eigenvalue weighted by Gasteiger charge is -2.09. The molecule has 0 aliphatic rings. The molecule has 0 rings (SSSR count). The highest BCUT2D eigenvalue weighted by atomic mass is 16.7. The highest BCUT2D eigenvalue weighted by Gasteiger charge is 1.98. The van der Waals surface area contributed by atoms with Crippen LogP contribution in [0.5, 0.6) is 0 Å². The summed E-state index contributed by atoms with van der Waals surface area (Å²) in [5.74, 6) is 0. The SMILES string of the molecule is C/C=C/CC(OC)OC. The highest BCUT2D eigenvalue weighted by molar-refractivity contribution is 4.77. The summed E-state index contributed by atoms with van der Waals surface area (Å²) < 4.78 is 9.86. The molecular formula is C7H14O2. The van der Waals surface area contributed by atoms with Gasteiger partial charge < -0.3 is 9.47 Å². The molecule has 2 heteroatoms. The van der Waals surface area contributed by atoms with E-state index in [0.29, 0.717) is 0 Å². The summed E-state index contributed by atoms with van der Waals surface area (Å²) >= 11 is 0. The van der Waals surface area contributed by atoms with Gasteiger partial charge in [-0.05, 0) is 6.92 Å². The standard InChI is InChI=1S/C7H14O2/c1-4-5-6-7(8-2)9-3/h4-5,7H,6H2,1-3H3/b5-4+. The van der Waals surface area contributed by atoms with Crippen LogP contribution in [0.1, 0.15) is 13.3 Å². The quantitative estimate of drug-likeness (QED) is 0.425. The summed E-state index contributed by atoms with van der Waals surface area (Å²) in [6.45, 7) is 1.97. The van der Waals surface area contributed by atoms with Crippen LogP contribution in [0.2, 0.25) is 0 Å². The van der Waals surface area contributed by atoms with Gasteiger partial charge in [-0.1, -0.05) is 12.2 Å². The first-order valence-corrected chi connectivity index (χ1v) is 3.02. The Morgan fingerprint density at radius 1 is 1.33 bits per heavy atom. The molecule has 54 valence electrons. The maximum Gasteiger partial charge on any atom is 0.160 e. The van der Waals surface area contributed by atoms with Crippen molar-refractivity contribution >= 4 is 0 Å². The Bertz CT molecular complexity index is 75.0. The van der Waals surface area contributed by atoms with Gasteiger partial charge in [-0.2, -0.15) is 0 Å². The molecule has 0 atom stereocenters. The predicted molar refractivity (Wildman–Crippen MR) is 37.2 cm³/mol. The van der Waals surface area contributed by atoms with E-state index in [2.05, 4.69) is 0 Å². The van der Waals surface area contributed by atoms with Crippen LogP contribution in [0.3, 0.4) is 0 Å². The molecule has 0 aromatic heterocycles. The molecule has 0 aromatic carbocycles. The summed E-state index contributed by atoms with van der Waals surface area (Å²) in [7, 11) is 3.27. The third-order valence-electron chi connectivity index (χ3n) is 1.09. The first-order valence-electron chi connectivity index (χ1n) is 3.02. The monoisotopic (exact) mass is 130 g/mol. The summed E-state index contributed by atoms with van der Waals surface area (Å²) in [6.07, 6.45) is 4.73. The van der Waals surface area contributed by atoms with E-state index in [-0.39, 0.29) is 6.29 Å². The van der Waals surface area contributed by atoms with Crippen molar-refractivity contribution in [2.45, 2.75) is 19.6 Å². The normalized spacial score (nSPS) is 11.6. The van der Waals surface area contributed by atoms with Gasteiger partial charge in [-0.15, -0.1) is 0 Å². The minimum Gasteiger partial charge on any atom is -0.356 e. The summed E-state index contributed by atoms with van der Waals surface area (Å²) in [4.78, 5) is 0. The average molecular weight is 130 g/mol. The molecule has 0 radical (unpaired) electrons. The van der Waals surface area contributed by atoms with Gasteiger partial charge in [0.1, 0.15) is 0 Å². The summed E-state index contributed by atoms with van der Waals surface area (Å²) in [5, 5.41) is 0. The van der Waals surface area contributed by atoms with Crippen LogP contribution in [0.25, 0.3) is 0 Å². The molecule has 0 aromatic rings. The molecule has 0 saturated carbocycles. The lowest BCUT2D eigenvalue weighted by Crippen LogP contribution is -2.10. The first kappa shape index (κ1) is 8.66.